The van der Waals surface area contributed by atoms with Gasteiger partial charge in [-0.05, 0) is 65.2 Å². The molecular formula is C22H21BrClNO4. The molecule has 0 amide bonds. The lowest BCUT2D eigenvalue weighted by atomic mass is 10.1. The van der Waals surface area contributed by atoms with Crippen molar-refractivity contribution in [2.75, 3.05) is 13.2 Å². The van der Waals surface area contributed by atoms with Gasteiger partial charge >= 0.3 is 5.97 Å². The molecule has 0 radical (unpaired) electrons. The molecule has 0 fully saturated rings. The summed E-state index contributed by atoms with van der Waals surface area (Å²) in [4.78, 5) is 16.6. The Labute approximate surface area is 183 Å². The van der Waals surface area contributed by atoms with Crippen molar-refractivity contribution in [2.24, 2.45) is 4.99 Å². The monoisotopic (exact) mass is 477 g/mol. The topological polar surface area (TPSA) is 57.1 Å². The van der Waals surface area contributed by atoms with E-state index in [9.17, 15) is 4.79 Å². The summed E-state index contributed by atoms with van der Waals surface area (Å²) in [6, 6.07) is 10.8. The van der Waals surface area contributed by atoms with E-state index in [1.807, 2.05) is 25.1 Å². The standard InChI is InChI=1S/C22H21BrClNO4/c1-3-5-10-28-20-16(23)11-14(13-19(20)27-4-2)12-18-22(26)29-21(25-18)15-8-6-7-9-17(15)24/h6-9,11-13H,3-5,10H2,1-2H3/b18-12-. The normalized spacial score (nSPS) is 14.7. The van der Waals surface area contributed by atoms with Crippen LogP contribution in [0.3, 0.4) is 0 Å². The number of ether oxygens (including phenoxy) is 3. The zero-order valence-electron chi connectivity index (χ0n) is 16.2. The van der Waals surface area contributed by atoms with Crippen LogP contribution in [0.5, 0.6) is 11.5 Å². The average Bonchev–Trinajstić information content (AvgIpc) is 3.04. The lowest BCUT2D eigenvalue weighted by Gasteiger charge is -2.14. The van der Waals surface area contributed by atoms with Crippen molar-refractivity contribution in [2.45, 2.75) is 26.7 Å². The van der Waals surface area contributed by atoms with E-state index in [0.717, 1.165) is 22.9 Å². The van der Waals surface area contributed by atoms with Crippen LogP contribution in [0.1, 0.15) is 37.8 Å². The van der Waals surface area contributed by atoms with E-state index >= 15 is 0 Å². The van der Waals surface area contributed by atoms with Crippen molar-refractivity contribution in [3.8, 4) is 11.5 Å². The number of aliphatic imine (C=N–C) groups is 1. The summed E-state index contributed by atoms with van der Waals surface area (Å²) in [6.07, 6.45) is 3.64. The summed E-state index contributed by atoms with van der Waals surface area (Å²) in [5, 5.41) is 0.468. The average molecular weight is 479 g/mol. The van der Waals surface area contributed by atoms with E-state index < -0.39 is 5.97 Å². The molecule has 1 aliphatic rings. The van der Waals surface area contributed by atoms with Crippen molar-refractivity contribution < 1.29 is 19.0 Å². The predicted molar refractivity (Wildman–Crippen MR) is 118 cm³/mol. The van der Waals surface area contributed by atoms with Crippen molar-refractivity contribution >= 4 is 45.5 Å². The van der Waals surface area contributed by atoms with Gasteiger partial charge in [-0.15, -0.1) is 0 Å². The number of cyclic esters (lactones) is 1. The zero-order valence-corrected chi connectivity index (χ0v) is 18.5. The second kappa shape index (κ2) is 9.94. The van der Waals surface area contributed by atoms with E-state index in [2.05, 4.69) is 27.8 Å². The van der Waals surface area contributed by atoms with Crippen LogP contribution < -0.4 is 9.47 Å². The van der Waals surface area contributed by atoms with Gasteiger partial charge in [0.15, 0.2) is 17.2 Å². The van der Waals surface area contributed by atoms with Gasteiger partial charge in [-0.1, -0.05) is 37.1 Å². The third kappa shape index (κ3) is 5.19. The number of rotatable bonds is 8. The molecule has 2 aromatic rings. The molecule has 0 unspecified atom stereocenters. The minimum Gasteiger partial charge on any atom is -0.490 e. The highest BCUT2D eigenvalue weighted by Crippen LogP contribution is 2.38. The molecule has 1 heterocycles. The Bertz CT molecular complexity index is 971. The first-order valence-corrected chi connectivity index (χ1v) is 10.6. The van der Waals surface area contributed by atoms with Crippen LogP contribution >= 0.6 is 27.5 Å². The molecule has 0 bridgehead atoms. The Morgan fingerprint density at radius 1 is 1.21 bits per heavy atom. The number of esters is 1. The van der Waals surface area contributed by atoms with E-state index in [4.69, 9.17) is 25.8 Å². The highest BCUT2D eigenvalue weighted by Gasteiger charge is 2.25. The first-order chi connectivity index (χ1) is 14.0. The number of unbranched alkanes of at least 4 members (excludes halogenated alkanes) is 1. The minimum absolute atomic E-state index is 0.189. The fourth-order valence-electron chi connectivity index (χ4n) is 2.71. The number of hydrogen-bond acceptors (Lipinski definition) is 5. The zero-order chi connectivity index (χ0) is 20.8. The number of hydrogen-bond donors (Lipinski definition) is 0. The number of carbonyl (C=O) groups is 1. The molecule has 0 N–H and O–H groups in total. The second-order valence-corrected chi connectivity index (χ2v) is 7.54. The van der Waals surface area contributed by atoms with Crippen LogP contribution in [0.25, 0.3) is 6.08 Å². The van der Waals surface area contributed by atoms with Crippen LogP contribution in [0.15, 0.2) is 51.6 Å². The van der Waals surface area contributed by atoms with Gasteiger partial charge in [0.2, 0.25) is 5.90 Å². The van der Waals surface area contributed by atoms with Gasteiger partial charge in [-0.2, -0.15) is 0 Å². The van der Waals surface area contributed by atoms with Crippen LogP contribution in [0, 0.1) is 0 Å². The smallest absolute Gasteiger partial charge is 0.363 e. The molecule has 0 saturated heterocycles. The summed E-state index contributed by atoms with van der Waals surface area (Å²) in [5.41, 5.74) is 1.50. The summed E-state index contributed by atoms with van der Waals surface area (Å²) in [5.74, 6) is 0.913. The third-order valence-electron chi connectivity index (χ3n) is 4.10. The van der Waals surface area contributed by atoms with Gasteiger partial charge in [0.1, 0.15) is 0 Å². The van der Waals surface area contributed by atoms with Crippen molar-refractivity contribution in [3.63, 3.8) is 0 Å². The first kappa shape index (κ1) is 21.4. The maximum absolute atomic E-state index is 12.3. The molecule has 0 atom stereocenters. The van der Waals surface area contributed by atoms with Gasteiger partial charge in [0.05, 0.1) is 28.3 Å². The fourth-order valence-corrected chi connectivity index (χ4v) is 3.50. The fraction of sp³-hybridized carbons (Fsp3) is 0.273. The van der Waals surface area contributed by atoms with E-state index in [1.165, 1.54) is 0 Å². The van der Waals surface area contributed by atoms with Gasteiger partial charge in [-0.3, -0.25) is 0 Å². The molecule has 0 aromatic heterocycles. The van der Waals surface area contributed by atoms with Crippen molar-refractivity contribution in [1.82, 2.24) is 0 Å². The molecule has 0 aliphatic carbocycles. The molecule has 0 spiro atoms. The quantitative estimate of drug-likeness (QED) is 0.264. The van der Waals surface area contributed by atoms with Crippen LogP contribution in [0.2, 0.25) is 5.02 Å². The molecule has 7 heteroatoms. The number of benzene rings is 2. The van der Waals surface area contributed by atoms with Crippen molar-refractivity contribution in [3.05, 3.63) is 62.7 Å². The van der Waals surface area contributed by atoms with E-state index in [-0.39, 0.29) is 11.6 Å². The summed E-state index contributed by atoms with van der Waals surface area (Å²) >= 11 is 9.72. The molecular weight excluding hydrogens is 458 g/mol. The molecule has 5 nitrogen and oxygen atoms in total. The van der Waals surface area contributed by atoms with E-state index in [0.29, 0.717) is 35.3 Å². The molecule has 29 heavy (non-hydrogen) atoms. The lowest BCUT2D eigenvalue weighted by molar-refractivity contribution is -0.129. The molecule has 1 aliphatic heterocycles. The largest absolute Gasteiger partial charge is 0.490 e. The molecule has 0 saturated carbocycles. The Kier molecular flexibility index (Phi) is 7.34. The van der Waals surface area contributed by atoms with Gasteiger partial charge < -0.3 is 14.2 Å². The van der Waals surface area contributed by atoms with Crippen LogP contribution in [-0.2, 0) is 9.53 Å². The number of carbonyl (C=O) groups excluding carboxylic acids is 1. The Hall–Kier alpha value is -2.31. The van der Waals surface area contributed by atoms with E-state index in [1.54, 1.807) is 24.3 Å². The molecule has 2 aromatic carbocycles. The highest BCUT2D eigenvalue weighted by atomic mass is 79.9. The summed E-state index contributed by atoms with van der Waals surface area (Å²) in [7, 11) is 0. The summed E-state index contributed by atoms with van der Waals surface area (Å²) in [6.45, 7) is 5.11. The summed E-state index contributed by atoms with van der Waals surface area (Å²) < 4.78 is 17.6. The second-order valence-electron chi connectivity index (χ2n) is 6.28. The first-order valence-electron chi connectivity index (χ1n) is 9.40. The molecule has 152 valence electrons. The Morgan fingerprint density at radius 3 is 2.72 bits per heavy atom. The SMILES string of the molecule is CCCCOc1c(Br)cc(/C=C2\N=C(c3ccccc3Cl)OC2=O)cc1OCC. The maximum Gasteiger partial charge on any atom is 0.363 e. The number of halogens is 2. The Morgan fingerprint density at radius 2 is 2.00 bits per heavy atom. The predicted octanol–water partition coefficient (Wildman–Crippen LogP) is 6.02. The molecule has 3 rings (SSSR count). The Balaban J connectivity index is 1.93. The van der Waals surface area contributed by atoms with Gasteiger partial charge in [0, 0.05) is 0 Å². The van der Waals surface area contributed by atoms with Gasteiger partial charge in [-0.25, -0.2) is 9.79 Å². The van der Waals surface area contributed by atoms with Crippen molar-refractivity contribution in [1.29, 1.82) is 0 Å². The highest BCUT2D eigenvalue weighted by molar-refractivity contribution is 9.10. The van der Waals surface area contributed by atoms with Crippen LogP contribution in [0.4, 0.5) is 0 Å². The number of nitrogens with zero attached hydrogens (tertiary/aromatic N) is 1. The third-order valence-corrected chi connectivity index (χ3v) is 5.02. The minimum atomic E-state index is -0.530. The van der Waals surface area contributed by atoms with Gasteiger partial charge in [0.25, 0.3) is 0 Å². The van der Waals surface area contributed by atoms with Crippen LogP contribution in [-0.4, -0.2) is 25.1 Å². The maximum atomic E-state index is 12.3. The lowest BCUT2D eigenvalue weighted by Crippen LogP contribution is -2.05.